The van der Waals surface area contributed by atoms with E-state index in [4.69, 9.17) is 4.74 Å². The number of amides is 1. The molecule has 0 aromatic heterocycles. The highest BCUT2D eigenvalue weighted by Crippen LogP contribution is 2.23. The van der Waals surface area contributed by atoms with Gasteiger partial charge in [-0.2, -0.15) is 0 Å². The van der Waals surface area contributed by atoms with Gasteiger partial charge in [-0.05, 0) is 37.8 Å². The number of carbonyl (C=O) groups is 2. The molecule has 2 rings (SSSR count). The highest BCUT2D eigenvalue weighted by atomic mass is 16.5. The maximum absolute atomic E-state index is 11.9. The van der Waals surface area contributed by atoms with Crippen LogP contribution in [0.4, 0.5) is 0 Å². The molecular weight excluding hydrogens is 266 g/mol. The van der Waals surface area contributed by atoms with E-state index in [0.717, 1.165) is 24.8 Å². The Bertz CT molecular complexity index is 513. The van der Waals surface area contributed by atoms with E-state index in [1.807, 2.05) is 13.0 Å². The van der Waals surface area contributed by atoms with Crippen molar-refractivity contribution in [3.63, 3.8) is 0 Å². The zero-order valence-electron chi connectivity index (χ0n) is 12.7. The molecule has 0 unspecified atom stereocenters. The standard InChI is InChI=1S/C17H23NO3/c1-12-6-5-8-14(10-12)17(20)21-11-16(19)18-15-9-4-3-7-13(15)2/h5-6,8,10,13,15H,3-4,7,9,11H2,1-2H3,(H,18,19)/t13-,15-/m1/s1. The molecule has 1 amide bonds. The van der Waals surface area contributed by atoms with E-state index in [2.05, 4.69) is 12.2 Å². The molecule has 0 spiro atoms. The second kappa shape index (κ2) is 7.25. The van der Waals surface area contributed by atoms with Gasteiger partial charge < -0.3 is 10.1 Å². The quantitative estimate of drug-likeness (QED) is 0.867. The van der Waals surface area contributed by atoms with Gasteiger partial charge in [0.05, 0.1) is 5.56 Å². The number of nitrogens with one attached hydrogen (secondary N) is 1. The molecule has 0 radical (unpaired) electrons. The van der Waals surface area contributed by atoms with Crippen molar-refractivity contribution < 1.29 is 14.3 Å². The number of hydrogen-bond acceptors (Lipinski definition) is 3. The van der Waals surface area contributed by atoms with Crippen LogP contribution in [0.15, 0.2) is 24.3 Å². The van der Waals surface area contributed by atoms with Gasteiger partial charge in [0.25, 0.3) is 5.91 Å². The van der Waals surface area contributed by atoms with E-state index in [-0.39, 0.29) is 18.6 Å². The normalized spacial score (nSPS) is 21.6. The third-order valence-corrected chi connectivity index (χ3v) is 4.05. The molecule has 0 aliphatic heterocycles. The molecule has 0 bridgehead atoms. The smallest absolute Gasteiger partial charge is 0.338 e. The van der Waals surface area contributed by atoms with Crippen LogP contribution in [0.1, 0.15) is 48.5 Å². The molecule has 1 saturated carbocycles. The summed E-state index contributed by atoms with van der Waals surface area (Å²) in [4.78, 5) is 23.7. The topological polar surface area (TPSA) is 55.4 Å². The molecular formula is C17H23NO3. The predicted molar refractivity (Wildman–Crippen MR) is 81.0 cm³/mol. The summed E-state index contributed by atoms with van der Waals surface area (Å²) in [5.74, 6) is -0.171. The van der Waals surface area contributed by atoms with Crippen LogP contribution in [0, 0.1) is 12.8 Å². The van der Waals surface area contributed by atoms with Crippen molar-refractivity contribution in [3.8, 4) is 0 Å². The van der Waals surface area contributed by atoms with E-state index >= 15 is 0 Å². The Hall–Kier alpha value is -1.84. The van der Waals surface area contributed by atoms with Crippen molar-refractivity contribution >= 4 is 11.9 Å². The van der Waals surface area contributed by atoms with Crippen LogP contribution < -0.4 is 5.32 Å². The summed E-state index contributed by atoms with van der Waals surface area (Å²) in [5.41, 5.74) is 1.47. The Balaban J connectivity index is 1.79. The number of carbonyl (C=O) groups excluding carboxylic acids is 2. The van der Waals surface area contributed by atoms with Crippen LogP contribution in [0.5, 0.6) is 0 Å². The molecule has 114 valence electrons. The van der Waals surface area contributed by atoms with Crippen LogP contribution in [-0.4, -0.2) is 24.5 Å². The van der Waals surface area contributed by atoms with Gasteiger partial charge in [-0.15, -0.1) is 0 Å². The van der Waals surface area contributed by atoms with Gasteiger partial charge in [-0.1, -0.05) is 37.5 Å². The Morgan fingerprint density at radius 2 is 2.05 bits per heavy atom. The van der Waals surface area contributed by atoms with Gasteiger partial charge in [0, 0.05) is 6.04 Å². The maximum atomic E-state index is 11.9. The molecule has 1 N–H and O–H groups in total. The van der Waals surface area contributed by atoms with Crippen LogP contribution in [0.2, 0.25) is 0 Å². The number of esters is 1. The van der Waals surface area contributed by atoms with Gasteiger partial charge in [-0.25, -0.2) is 4.79 Å². The van der Waals surface area contributed by atoms with Gasteiger partial charge in [0.1, 0.15) is 0 Å². The van der Waals surface area contributed by atoms with Crippen molar-refractivity contribution in [1.82, 2.24) is 5.32 Å². The Kier molecular flexibility index (Phi) is 5.37. The van der Waals surface area contributed by atoms with Crippen molar-refractivity contribution in [2.45, 2.75) is 45.6 Å². The van der Waals surface area contributed by atoms with Crippen LogP contribution in [-0.2, 0) is 9.53 Å². The molecule has 4 nitrogen and oxygen atoms in total. The van der Waals surface area contributed by atoms with Crippen LogP contribution >= 0.6 is 0 Å². The molecule has 21 heavy (non-hydrogen) atoms. The van der Waals surface area contributed by atoms with Gasteiger partial charge in [0.15, 0.2) is 6.61 Å². The minimum Gasteiger partial charge on any atom is -0.452 e. The second-order valence-electron chi connectivity index (χ2n) is 5.88. The highest BCUT2D eigenvalue weighted by Gasteiger charge is 2.23. The third-order valence-electron chi connectivity index (χ3n) is 4.05. The fourth-order valence-electron chi connectivity index (χ4n) is 2.77. The van der Waals surface area contributed by atoms with E-state index in [1.54, 1.807) is 18.2 Å². The summed E-state index contributed by atoms with van der Waals surface area (Å²) in [6.07, 6.45) is 4.54. The van der Waals surface area contributed by atoms with Crippen LogP contribution in [0.25, 0.3) is 0 Å². The lowest BCUT2D eigenvalue weighted by molar-refractivity contribution is -0.125. The molecule has 4 heteroatoms. The number of rotatable bonds is 4. The lowest BCUT2D eigenvalue weighted by Gasteiger charge is -2.29. The molecule has 1 aliphatic carbocycles. The first-order chi connectivity index (χ1) is 10.1. The first kappa shape index (κ1) is 15.5. The van der Waals surface area contributed by atoms with E-state index in [0.29, 0.717) is 11.5 Å². The van der Waals surface area contributed by atoms with Gasteiger partial charge in [0.2, 0.25) is 0 Å². The molecule has 2 atom stereocenters. The first-order valence-electron chi connectivity index (χ1n) is 7.59. The summed E-state index contributed by atoms with van der Waals surface area (Å²) >= 11 is 0. The zero-order chi connectivity index (χ0) is 15.2. The predicted octanol–water partition coefficient (Wildman–Crippen LogP) is 2.85. The van der Waals surface area contributed by atoms with Gasteiger partial charge >= 0.3 is 5.97 Å². The molecule has 1 aliphatic rings. The largest absolute Gasteiger partial charge is 0.452 e. The number of benzene rings is 1. The van der Waals surface area contributed by atoms with Crippen molar-refractivity contribution in [3.05, 3.63) is 35.4 Å². The number of hydrogen-bond donors (Lipinski definition) is 1. The van der Waals surface area contributed by atoms with Crippen molar-refractivity contribution in [2.24, 2.45) is 5.92 Å². The lowest BCUT2D eigenvalue weighted by Crippen LogP contribution is -2.42. The molecule has 1 aromatic rings. The van der Waals surface area contributed by atoms with Crippen LogP contribution in [0.3, 0.4) is 0 Å². The second-order valence-corrected chi connectivity index (χ2v) is 5.88. The molecule has 1 aromatic carbocycles. The highest BCUT2D eigenvalue weighted by molar-refractivity contribution is 5.91. The average Bonchev–Trinajstić information content (AvgIpc) is 2.47. The summed E-state index contributed by atoms with van der Waals surface area (Å²) in [5, 5.41) is 2.97. The fourth-order valence-corrected chi connectivity index (χ4v) is 2.77. The first-order valence-corrected chi connectivity index (χ1v) is 7.59. The minimum absolute atomic E-state index is 0.212. The summed E-state index contributed by atoms with van der Waals surface area (Å²) in [6.45, 7) is 3.85. The van der Waals surface area contributed by atoms with E-state index < -0.39 is 5.97 Å². The maximum Gasteiger partial charge on any atom is 0.338 e. The number of aryl methyl sites for hydroxylation is 1. The molecule has 1 fully saturated rings. The summed E-state index contributed by atoms with van der Waals surface area (Å²) < 4.78 is 5.07. The minimum atomic E-state index is -0.453. The lowest BCUT2D eigenvalue weighted by atomic mass is 9.86. The Morgan fingerprint density at radius 1 is 1.29 bits per heavy atom. The van der Waals surface area contributed by atoms with Crippen molar-refractivity contribution in [1.29, 1.82) is 0 Å². The van der Waals surface area contributed by atoms with Crippen molar-refractivity contribution in [2.75, 3.05) is 6.61 Å². The summed E-state index contributed by atoms with van der Waals surface area (Å²) in [6, 6.07) is 7.37. The monoisotopic (exact) mass is 289 g/mol. The van der Waals surface area contributed by atoms with Gasteiger partial charge in [-0.3, -0.25) is 4.79 Å². The number of ether oxygens (including phenoxy) is 1. The SMILES string of the molecule is Cc1cccc(C(=O)OCC(=O)N[C@@H]2CCCC[C@H]2C)c1. The molecule has 0 saturated heterocycles. The van der Waals surface area contributed by atoms with E-state index in [1.165, 1.54) is 6.42 Å². The summed E-state index contributed by atoms with van der Waals surface area (Å²) in [7, 11) is 0. The Morgan fingerprint density at radius 3 is 2.76 bits per heavy atom. The Labute approximate surface area is 125 Å². The zero-order valence-corrected chi connectivity index (χ0v) is 12.7. The van der Waals surface area contributed by atoms with E-state index in [9.17, 15) is 9.59 Å². The average molecular weight is 289 g/mol. The fraction of sp³-hybridized carbons (Fsp3) is 0.529. The third kappa shape index (κ3) is 4.59. The molecule has 0 heterocycles.